The van der Waals surface area contributed by atoms with Crippen LogP contribution in [0, 0.1) is 0 Å². The topological polar surface area (TPSA) is 52.6 Å². The second kappa shape index (κ2) is 5.26. The summed E-state index contributed by atoms with van der Waals surface area (Å²) >= 11 is 0. The number of carbonyl (C=O) groups excluding carboxylic acids is 2. The Morgan fingerprint density at radius 2 is 1.79 bits per heavy atom. The minimum atomic E-state index is -0.383. The average molecular weight is 260 g/mol. The number of hydrogen-bond acceptors (Lipinski definition) is 4. The zero-order chi connectivity index (χ0) is 14.0. The summed E-state index contributed by atoms with van der Waals surface area (Å²) in [6.07, 6.45) is 6.16. The summed E-state index contributed by atoms with van der Waals surface area (Å²) in [5.74, 6) is 0.179. The van der Waals surface area contributed by atoms with Gasteiger partial charge in [0.1, 0.15) is 11.5 Å². The quantitative estimate of drug-likeness (QED) is 0.716. The van der Waals surface area contributed by atoms with Gasteiger partial charge in [-0.25, -0.2) is 0 Å². The van der Waals surface area contributed by atoms with Crippen molar-refractivity contribution in [3.8, 4) is 0 Å². The highest BCUT2D eigenvalue weighted by Gasteiger charge is 2.24. The van der Waals surface area contributed by atoms with Crippen LogP contribution in [0.15, 0.2) is 47.0 Å². The lowest BCUT2D eigenvalue weighted by Gasteiger charge is -2.10. The molecule has 0 aliphatic heterocycles. The first kappa shape index (κ1) is 13.3. The lowest BCUT2D eigenvalue weighted by atomic mass is 10.1. The van der Waals surface area contributed by atoms with Crippen LogP contribution in [-0.2, 0) is 19.1 Å². The van der Waals surface area contributed by atoms with E-state index in [4.69, 9.17) is 9.47 Å². The van der Waals surface area contributed by atoms with Crippen molar-refractivity contribution < 1.29 is 19.1 Å². The van der Waals surface area contributed by atoms with Crippen molar-refractivity contribution in [3.05, 3.63) is 47.0 Å². The van der Waals surface area contributed by atoms with E-state index in [1.54, 1.807) is 6.08 Å². The molecule has 0 spiro atoms. The van der Waals surface area contributed by atoms with E-state index in [0.29, 0.717) is 17.1 Å². The molecule has 0 aromatic rings. The van der Waals surface area contributed by atoms with E-state index in [1.807, 2.05) is 6.08 Å². The van der Waals surface area contributed by atoms with Gasteiger partial charge in [-0.2, -0.15) is 0 Å². The van der Waals surface area contributed by atoms with Gasteiger partial charge in [-0.3, -0.25) is 9.59 Å². The molecule has 4 nitrogen and oxygen atoms in total. The van der Waals surface area contributed by atoms with Gasteiger partial charge in [0.2, 0.25) is 0 Å². The monoisotopic (exact) mass is 260 g/mol. The minimum Gasteiger partial charge on any atom is -0.427 e. The van der Waals surface area contributed by atoms with Gasteiger partial charge in [-0.15, -0.1) is 0 Å². The highest BCUT2D eigenvalue weighted by atomic mass is 16.5. The molecule has 0 unspecified atom stereocenters. The van der Waals surface area contributed by atoms with Crippen LogP contribution >= 0.6 is 0 Å². The Bertz CT molecular complexity index is 546. The SMILES string of the molecule is C=C1C=C(OC(C)=O)C=C2CCCC2=C1OC(C)=O. The van der Waals surface area contributed by atoms with E-state index in [1.165, 1.54) is 13.8 Å². The van der Waals surface area contributed by atoms with E-state index in [9.17, 15) is 9.59 Å². The molecule has 100 valence electrons. The molecule has 0 heterocycles. The molecule has 2 rings (SSSR count). The Morgan fingerprint density at radius 1 is 1.11 bits per heavy atom. The van der Waals surface area contributed by atoms with Crippen LogP contribution in [0.25, 0.3) is 0 Å². The normalized spacial score (nSPS) is 18.3. The Hall–Kier alpha value is -2.10. The second-order valence-corrected chi connectivity index (χ2v) is 4.59. The van der Waals surface area contributed by atoms with Crippen LogP contribution < -0.4 is 0 Å². The molecule has 0 radical (unpaired) electrons. The van der Waals surface area contributed by atoms with Crippen molar-refractivity contribution in [3.63, 3.8) is 0 Å². The molecule has 1 fully saturated rings. The van der Waals surface area contributed by atoms with Crippen molar-refractivity contribution in [2.75, 3.05) is 0 Å². The zero-order valence-corrected chi connectivity index (χ0v) is 11.1. The Morgan fingerprint density at radius 3 is 2.42 bits per heavy atom. The molecular weight excluding hydrogens is 244 g/mol. The van der Waals surface area contributed by atoms with E-state index >= 15 is 0 Å². The van der Waals surface area contributed by atoms with Gasteiger partial charge < -0.3 is 9.47 Å². The predicted octanol–water partition coefficient (Wildman–Crippen LogP) is 2.93. The van der Waals surface area contributed by atoms with Crippen LogP contribution in [0.1, 0.15) is 33.1 Å². The molecular formula is C15H16O4. The largest absolute Gasteiger partial charge is 0.427 e. The molecule has 2 aliphatic carbocycles. The fourth-order valence-corrected chi connectivity index (χ4v) is 2.33. The summed E-state index contributed by atoms with van der Waals surface area (Å²) in [5.41, 5.74) is 2.58. The van der Waals surface area contributed by atoms with Gasteiger partial charge in [0.15, 0.2) is 0 Å². The van der Waals surface area contributed by atoms with Crippen molar-refractivity contribution >= 4 is 11.9 Å². The lowest BCUT2D eigenvalue weighted by molar-refractivity contribution is -0.137. The third kappa shape index (κ3) is 3.02. The van der Waals surface area contributed by atoms with Gasteiger partial charge in [0.25, 0.3) is 0 Å². The maximum Gasteiger partial charge on any atom is 0.308 e. The van der Waals surface area contributed by atoms with Crippen molar-refractivity contribution in [1.82, 2.24) is 0 Å². The Labute approximate surface area is 112 Å². The maximum absolute atomic E-state index is 11.2. The third-order valence-electron chi connectivity index (χ3n) is 2.97. The molecule has 0 aromatic carbocycles. The standard InChI is InChI=1S/C15H16O4/c1-9-7-13(18-10(2)16)8-12-5-4-6-14(12)15(9)19-11(3)17/h7-8H,1,4-6H2,2-3H3. The second-order valence-electron chi connectivity index (χ2n) is 4.59. The number of fused-ring (bicyclic) bond motifs is 1. The number of esters is 2. The summed E-state index contributed by atoms with van der Waals surface area (Å²) in [4.78, 5) is 22.3. The van der Waals surface area contributed by atoms with Crippen molar-refractivity contribution in [1.29, 1.82) is 0 Å². The smallest absolute Gasteiger partial charge is 0.308 e. The molecule has 0 bridgehead atoms. The number of hydrogen-bond donors (Lipinski definition) is 0. The molecule has 0 amide bonds. The molecule has 1 saturated carbocycles. The van der Waals surface area contributed by atoms with Gasteiger partial charge in [-0.1, -0.05) is 6.58 Å². The molecule has 0 saturated heterocycles. The van der Waals surface area contributed by atoms with Crippen molar-refractivity contribution in [2.45, 2.75) is 33.1 Å². The van der Waals surface area contributed by atoms with Crippen LogP contribution in [0.4, 0.5) is 0 Å². The van der Waals surface area contributed by atoms with Gasteiger partial charge in [-0.05, 0) is 42.6 Å². The Kier molecular flexibility index (Phi) is 3.69. The van der Waals surface area contributed by atoms with Crippen LogP contribution in [0.3, 0.4) is 0 Å². The third-order valence-corrected chi connectivity index (χ3v) is 2.97. The minimum absolute atomic E-state index is 0.376. The summed E-state index contributed by atoms with van der Waals surface area (Å²) in [6, 6.07) is 0. The molecule has 0 atom stereocenters. The van der Waals surface area contributed by atoms with E-state index in [0.717, 1.165) is 30.4 Å². The van der Waals surface area contributed by atoms with Crippen LogP contribution in [-0.4, -0.2) is 11.9 Å². The first-order valence-corrected chi connectivity index (χ1v) is 6.19. The Balaban J connectivity index is 2.42. The highest BCUT2D eigenvalue weighted by Crippen LogP contribution is 2.38. The van der Waals surface area contributed by atoms with E-state index in [2.05, 4.69) is 6.58 Å². The van der Waals surface area contributed by atoms with Gasteiger partial charge >= 0.3 is 11.9 Å². The first-order valence-electron chi connectivity index (χ1n) is 6.19. The first-order chi connectivity index (χ1) is 8.97. The fraction of sp³-hybridized carbons (Fsp3) is 0.333. The number of allylic oxidation sites excluding steroid dienone is 4. The van der Waals surface area contributed by atoms with E-state index in [-0.39, 0.29) is 11.9 Å². The molecule has 0 N–H and O–H groups in total. The molecule has 4 heteroatoms. The summed E-state index contributed by atoms with van der Waals surface area (Å²) in [7, 11) is 0. The molecule has 2 aliphatic rings. The summed E-state index contributed by atoms with van der Waals surface area (Å²) in [6.45, 7) is 6.60. The molecule has 0 aromatic heterocycles. The molecule has 19 heavy (non-hydrogen) atoms. The van der Waals surface area contributed by atoms with Crippen LogP contribution in [0.5, 0.6) is 0 Å². The highest BCUT2D eigenvalue weighted by molar-refractivity contribution is 5.71. The number of carbonyl (C=O) groups is 2. The van der Waals surface area contributed by atoms with Gasteiger partial charge in [0, 0.05) is 19.4 Å². The zero-order valence-electron chi connectivity index (χ0n) is 11.1. The summed E-state index contributed by atoms with van der Waals surface area (Å²) in [5, 5.41) is 0. The lowest BCUT2D eigenvalue weighted by Crippen LogP contribution is -2.03. The number of ether oxygens (including phenoxy) is 2. The predicted molar refractivity (Wildman–Crippen MR) is 69.7 cm³/mol. The fourth-order valence-electron chi connectivity index (χ4n) is 2.33. The van der Waals surface area contributed by atoms with Crippen molar-refractivity contribution in [2.24, 2.45) is 0 Å². The van der Waals surface area contributed by atoms with E-state index < -0.39 is 0 Å². The summed E-state index contributed by atoms with van der Waals surface area (Å²) < 4.78 is 10.4. The van der Waals surface area contributed by atoms with Crippen LogP contribution in [0.2, 0.25) is 0 Å². The average Bonchev–Trinajstić information content (AvgIpc) is 2.68. The van der Waals surface area contributed by atoms with Gasteiger partial charge in [0.05, 0.1) is 0 Å². The number of rotatable bonds is 2. The maximum atomic E-state index is 11.2.